The Labute approximate surface area is 125 Å². The quantitative estimate of drug-likeness (QED) is 0.866. The van der Waals surface area contributed by atoms with Crippen molar-refractivity contribution in [2.45, 2.75) is 6.18 Å². The van der Waals surface area contributed by atoms with Crippen LogP contribution in [0.3, 0.4) is 0 Å². The lowest BCUT2D eigenvalue weighted by Crippen LogP contribution is -2.06. The van der Waals surface area contributed by atoms with Crippen molar-refractivity contribution in [2.24, 2.45) is 0 Å². The highest BCUT2D eigenvalue weighted by Gasteiger charge is 2.31. The van der Waals surface area contributed by atoms with Crippen molar-refractivity contribution in [2.75, 3.05) is 5.32 Å². The van der Waals surface area contributed by atoms with Crippen LogP contribution in [0, 0.1) is 0 Å². The predicted octanol–water partition coefficient (Wildman–Crippen LogP) is 4.59. The van der Waals surface area contributed by atoms with Crippen molar-refractivity contribution in [1.29, 1.82) is 0 Å². The molecule has 0 atom stereocenters. The molecule has 0 aliphatic heterocycles. The smallest absolute Gasteiger partial charge is 0.323 e. The van der Waals surface area contributed by atoms with Crippen molar-refractivity contribution >= 4 is 46.4 Å². The second kappa shape index (κ2) is 5.59. The first-order valence-electron chi connectivity index (χ1n) is 4.96. The number of alkyl halides is 3. The van der Waals surface area contributed by atoms with Gasteiger partial charge in [-0.2, -0.15) is 28.1 Å². The lowest BCUT2D eigenvalue weighted by atomic mass is 10.2. The van der Waals surface area contributed by atoms with Crippen molar-refractivity contribution in [3.8, 4) is 0 Å². The fraction of sp³-hybridized carbons (Fsp3) is 0.100. The van der Waals surface area contributed by atoms with Gasteiger partial charge in [-0.3, -0.25) is 0 Å². The number of aromatic nitrogens is 3. The van der Waals surface area contributed by atoms with Crippen molar-refractivity contribution in [3.05, 3.63) is 39.4 Å². The van der Waals surface area contributed by atoms with Gasteiger partial charge in [-0.25, -0.2) is 0 Å². The maximum atomic E-state index is 12.6. The van der Waals surface area contributed by atoms with Crippen molar-refractivity contribution < 1.29 is 13.2 Å². The summed E-state index contributed by atoms with van der Waals surface area (Å²) < 4.78 is 37.8. The van der Waals surface area contributed by atoms with Gasteiger partial charge < -0.3 is 5.32 Å². The average molecular weight is 344 g/mol. The van der Waals surface area contributed by atoms with Gasteiger partial charge in [0.15, 0.2) is 0 Å². The zero-order valence-corrected chi connectivity index (χ0v) is 11.6. The third-order valence-electron chi connectivity index (χ3n) is 2.12. The summed E-state index contributed by atoms with van der Waals surface area (Å²) in [7, 11) is 0. The summed E-state index contributed by atoms with van der Waals surface area (Å²) in [6, 6.07) is 2.80. The van der Waals surface area contributed by atoms with Gasteiger partial charge in [-0.15, -0.1) is 0 Å². The third-order valence-corrected chi connectivity index (χ3v) is 2.79. The van der Waals surface area contributed by atoms with E-state index in [0.29, 0.717) is 0 Å². The van der Waals surface area contributed by atoms with Gasteiger partial charge in [0.25, 0.3) is 0 Å². The van der Waals surface area contributed by atoms with E-state index in [1.165, 1.54) is 0 Å². The Balaban J connectivity index is 2.37. The molecule has 2 rings (SSSR count). The van der Waals surface area contributed by atoms with Crippen LogP contribution in [-0.2, 0) is 6.18 Å². The highest BCUT2D eigenvalue weighted by atomic mass is 35.5. The zero-order chi connectivity index (χ0) is 14.9. The molecule has 2 aromatic rings. The lowest BCUT2D eigenvalue weighted by Gasteiger charge is -2.11. The van der Waals surface area contributed by atoms with Gasteiger partial charge >= 0.3 is 6.18 Å². The number of rotatable bonds is 2. The summed E-state index contributed by atoms with van der Waals surface area (Å²) in [6.45, 7) is 0. The Kier molecular flexibility index (Phi) is 4.22. The van der Waals surface area contributed by atoms with E-state index >= 15 is 0 Å². The highest BCUT2D eigenvalue weighted by Crippen LogP contribution is 2.34. The summed E-state index contributed by atoms with van der Waals surface area (Å²) in [6.07, 6.45) is -4.49. The maximum absolute atomic E-state index is 12.6. The van der Waals surface area contributed by atoms with Crippen LogP contribution < -0.4 is 5.32 Å². The third kappa shape index (κ3) is 3.62. The zero-order valence-electron chi connectivity index (χ0n) is 9.34. The number of halogens is 6. The molecule has 0 spiro atoms. The first-order valence-corrected chi connectivity index (χ1v) is 6.10. The fourth-order valence-electron chi connectivity index (χ4n) is 1.30. The van der Waals surface area contributed by atoms with Gasteiger partial charge in [0.1, 0.15) is 0 Å². The number of benzene rings is 1. The molecule has 0 radical (unpaired) electrons. The van der Waals surface area contributed by atoms with E-state index in [9.17, 15) is 13.2 Å². The Morgan fingerprint density at radius 3 is 2.10 bits per heavy atom. The van der Waals surface area contributed by atoms with E-state index in [-0.39, 0.29) is 27.2 Å². The average Bonchev–Trinajstić information content (AvgIpc) is 2.29. The van der Waals surface area contributed by atoms with Gasteiger partial charge in [-0.1, -0.05) is 11.6 Å². The molecule has 1 heterocycles. The second-order valence-electron chi connectivity index (χ2n) is 3.51. The largest absolute Gasteiger partial charge is 0.416 e. The number of hydrogen-bond acceptors (Lipinski definition) is 4. The molecule has 4 nitrogen and oxygen atoms in total. The normalized spacial score (nSPS) is 11.5. The molecule has 0 aliphatic carbocycles. The maximum Gasteiger partial charge on any atom is 0.416 e. The molecule has 1 N–H and O–H groups in total. The minimum Gasteiger partial charge on any atom is -0.323 e. The molecule has 0 unspecified atom stereocenters. The molecule has 0 saturated carbocycles. The first kappa shape index (κ1) is 15.1. The van der Waals surface area contributed by atoms with E-state index < -0.39 is 11.7 Å². The molecular formula is C10H4Cl3F3N4. The molecule has 1 aromatic heterocycles. The summed E-state index contributed by atoms with van der Waals surface area (Å²) in [5, 5.41) is 2.17. The number of nitrogens with zero attached hydrogens (tertiary/aromatic N) is 3. The standard InChI is InChI=1S/C10H4Cl3F3N4/c11-5-2-1-4(10(14,15)16)3-6(5)17-9-19-7(12)18-8(13)20-9/h1-3H,(H,17,18,19,20). The van der Waals surface area contributed by atoms with Crippen LogP contribution in [0.2, 0.25) is 15.6 Å². The van der Waals surface area contributed by atoms with E-state index in [0.717, 1.165) is 18.2 Å². The van der Waals surface area contributed by atoms with Gasteiger partial charge in [0, 0.05) is 0 Å². The van der Waals surface area contributed by atoms with Gasteiger partial charge in [-0.05, 0) is 41.4 Å². The second-order valence-corrected chi connectivity index (χ2v) is 4.60. The lowest BCUT2D eigenvalue weighted by molar-refractivity contribution is -0.137. The Hall–Kier alpha value is -1.31. The summed E-state index contributed by atoms with van der Waals surface area (Å²) in [4.78, 5) is 10.9. The molecule has 1 aromatic carbocycles. The summed E-state index contributed by atoms with van der Waals surface area (Å²) >= 11 is 16.9. The molecule has 10 heteroatoms. The van der Waals surface area contributed by atoms with E-state index in [1.54, 1.807) is 0 Å². The van der Waals surface area contributed by atoms with Crippen LogP contribution in [0.15, 0.2) is 18.2 Å². The Morgan fingerprint density at radius 1 is 0.950 bits per heavy atom. The predicted molar refractivity (Wildman–Crippen MR) is 69.6 cm³/mol. The summed E-state index contributed by atoms with van der Waals surface area (Å²) in [5.41, 5.74) is -0.893. The number of anilines is 2. The SMILES string of the molecule is FC(F)(F)c1ccc(Cl)c(Nc2nc(Cl)nc(Cl)n2)c1. The van der Waals surface area contributed by atoms with E-state index in [2.05, 4.69) is 20.3 Å². The van der Waals surface area contributed by atoms with Crippen LogP contribution in [-0.4, -0.2) is 15.0 Å². The minimum atomic E-state index is -4.49. The van der Waals surface area contributed by atoms with Crippen molar-refractivity contribution in [3.63, 3.8) is 0 Å². The monoisotopic (exact) mass is 342 g/mol. The molecule has 0 fully saturated rings. The number of hydrogen-bond donors (Lipinski definition) is 1. The fourth-order valence-corrected chi connectivity index (χ4v) is 1.83. The van der Waals surface area contributed by atoms with Crippen LogP contribution in [0.25, 0.3) is 0 Å². The Morgan fingerprint density at radius 2 is 1.55 bits per heavy atom. The molecular weight excluding hydrogens is 339 g/mol. The molecule has 0 aliphatic rings. The van der Waals surface area contributed by atoms with Crippen molar-refractivity contribution in [1.82, 2.24) is 15.0 Å². The van der Waals surface area contributed by atoms with E-state index in [4.69, 9.17) is 34.8 Å². The first-order chi connectivity index (χ1) is 9.25. The summed E-state index contributed by atoms with van der Waals surface area (Å²) in [5.74, 6) is -0.115. The van der Waals surface area contributed by atoms with Gasteiger partial charge in [0.2, 0.25) is 16.5 Å². The Bertz CT molecular complexity index is 628. The highest BCUT2D eigenvalue weighted by molar-refractivity contribution is 6.33. The van der Waals surface area contributed by atoms with Crippen LogP contribution in [0.1, 0.15) is 5.56 Å². The molecule has 0 saturated heterocycles. The molecule has 20 heavy (non-hydrogen) atoms. The minimum absolute atomic E-state index is 0.0279. The molecule has 0 amide bonds. The molecule has 0 bridgehead atoms. The number of nitrogens with one attached hydrogen (secondary N) is 1. The van der Waals surface area contributed by atoms with E-state index in [1.807, 2.05) is 0 Å². The van der Waals surface area contributed by atoms with Gasteiger partial charge in [0.05, 0.1) is 16.3 Å². The molecule has 106 valence electrons. The topological polar surface area (TPSA) is 50.7 Å². The van der Waals surface area contributed by atoms with Crippen LogP contribution in [0.5, 0.6) is 0 Å². The van der Waals surface area contributed by atoms with Crippen LogP contribution in [0.4, 0.5) is 24.8 Å². The van der Waals surface area contributed by atoms with Crippen LogP contribution >= 0.6 is 34.8 Å².